The number of likely N-dealkylation sites (tertiary alicyclic amines) is 1. The van der Waals surface area contributed by atoms with Gasteiger partial charge in [-0.1, -0.05) is 5.21 Å². The van der Waals surface area contributed by atoms with E-state index in [4.69, 9.17) is 4.74 Å². The van der Waals surface area contributed by atoms with Crippen LogP contribution in [-0.2, 0) is 35.8 Å². The number of rotatable bonds is 4. The fraction of sp³-hybridized carbons (Fsp3) is 0.588. The van der Waals surface area contributed by atoms with E-state index in [0.29, 0.717) is 44.2 Å². The Kier molecular flexibility index (Phi) is 4.42. The van der Waals surface area contributed by atoms with Gasteiger partial charge in [0.05, 0.1) is 31.9 Å². The molecule has 1 saturated heterocycles. The Balaban J connectivity index is 1.42. The van der Waals surface area contributed by atoms with Gasteiger partial charge in [-0.3, -0.25) is 14.3 Å². The number of carbonyl (C=O) groups excluding carboxylic acids is 2. The van der Waals surface area contributed by atoms with Crippen LogP contribution in [0.2, 0.25) is 0 Å². The number of carbonyl (C=O) groups is 2. The van der Waals surface area contributed by atoms with Crippen LogP contribution in [0.25, 0.3) is 0 Å². The minimum absolute atomic E-state index is 0.0644. The standard InChI is InChI=1S/C17H23N7O3/c1-3-23-14(4-6-19-23)16(26)18-8-13-15-9-27-17(11-24(15)21-20-13)5-7-22(10-17)12(2)25/h4,6H,3,5,7-11H2,1-2H3,(H,18,26). The summed E-state index contributed by atoms with van der Waals surface area (Å²) in [5.74, 6) is -0.133. The van der Waals surface area contributed by atoms with Gasteiger partial charge >= 0.3 is 0 Å². The lowest BCUT2D eigenvalue weighted by Gasteiger charge is -2.33. The highest BCUT2D eigenvalue weighted by Crippen LogP contribution is 2.32. The van der Waals surface area contributed by atoms with Crippen molar-refractivity contribution in [2.24, 2.45) is 0 Å². The topological polar surface area (TPSA) is 107 Å². The zero-order valence-corrected chi connectivity index (χ0v) is 15.5. The monoisotopic (exact) mass is 373 g/mol. The lowest BCUT2D eigenvalue weighted by molar-refractivity contribution is -0.131. The number of ether oxygens (including phenoxy) is 1. The van der Waals surface area contributed by atoms with E-state index in [0.717, 1.165) is 12.1 Å². The molecule has 2 amide bonds. The van der Waals surface area contributed by atoms with Gasteiger partial charge in [-0.25, -0.2) is 4.68 Å². The summed E-state index contributed by atoms with van der Waals surface area (Å²) < 4.78 is 9.61. The van der Waals surface area contributed by atoms with E-state index < -0.39 is 0 Å². The van der Waals surface area contributed by atoms with Gasteiger partial charge in [0.15, 0.2) is 0 Å². The molecule has 1 fully saturated rings. The molecule has 10 heteroatoms. The minimum Gasteiger partial charge on any atom is -0.365 e. The van der Waals surface area contributed by atoms with E-state index in [-0.39, 0.29) is 24.0 Å². The summed E-state index contributed by atoms with van der Waals surface area (Å²) in [4.78, 5) is 25.8. The number of amides is 2. The fourth-order valence-corrected chi connectivity index (χ4v) is 3.72. The molecule has 2 aliphatic heterocycles. The van der Waals surface area contributed by atoms with Crippen LogP contribution in [-0.4, -0.2) is 60.2 Å². The maximum absolute atomic E-state index is 12.4. The average Bonchev–Trinajstić information content (AvgIpc) is 3.38. The van der Waals surface area contributed by atoms with Gasteiger partial charge in [0.25, 0.3) is 5.91 Å². The molecule has 0 aromatic carbocycles. The number of aryl methyl sites for hydroxylation is 1. The van der Waals surface area contributed by atoms with E-state index in [9.17, 15) is 9.59 Å². The van der Waals surface area contributed by atoms with E-state index in [1.54, 1.807) is 28.8 Å². The van der Waals surface area contributed by atoms with Gasteiger partial charge in [0.1, 0.15) is 17.0 Å². The highest BCUT2D eigenvalue weighted by Gasteiger charge is 2.44. The zero-order chi connectivity index (χ0) is 19.0. The average molecular weight is 373 g/mol. The van der Waals surface area contributed by atoms with Crippen LogP contribution in [0.3, 0.4) is 0 Å². The predicted octanol–water partition coefficient (Wildman–Crippen LogP) is -0.0543. The molecule has 0 radical (unpaired) electrons. The fourth-order valence-electron chi connectivity index (χ4n) is 3.72. The van der Waals surface area contributed by atoms with Crippen LogP contribution in [0, 0.1) is 0 Å². The first-order chi connectivity index (χ1) is 13.0. The zero-order valence-electron chi connectivity index (χ0n) is 15.5. The third kappa shape index (κ3) is 3.20. The summed E-state index contributed by atoms with van der Waals surface area (Å²) in [6.45, 7) is 6.63. The second kappa shape index (κ2) is 6.76. The van der Waals surface area contributed by atoms with Gasteiger partial charge < -0.3 is 15.0 Å². The third-order valence-corrected chi connectivity index (χ3v) is 5.30. The van der Waals surface area contributed by atoms with Crippen molar-refractivity contribution in [1.29, 1.82) is 0 Å². The molecule has 2 aromatic rings. The second-order valence-electron chi connectivity index (χ2n) is 7.02. The summed E-state index contributed by atoms with van der Waals surface area (Å²) in [7, 11) is 0. The number of fused-ring (bicyclic) bond motifs is 1. The van der Waals surface area contributed by atoms with Crippen molar-refractivity contribution in [3.05, 3.63) is 29.3 Å². The van der Waals surface area contributed by atoms with E-state index >= 15 is 0 Å². The van der Waals surface area contributed by atoms with Crippen molar-refractivity contribution in [3.63, 3.8) is 0 Å². The molecule has 0 aliphatic carbocycles. The molecule has 1 spiro atoms. The van der Waals surface area contributed by atoms with Crippen LogP contribution < -0.4 is 5.32 Å². The van der Waals surface area contributed by atoms with Crippen LogP contribution in [0.5, 0.6) is 0 Å². The van der Waals surface area contributed by atoms with Crippen molar-refractivity contribution in [2.45, 2.75) is 52.1 Å². The molecule has 4 rings (SSSR count). The molecular weight excluding hydrogens is 350 g/mol. The molecule has 144 valence electrons. The molecule has 0 bridgehead atoms. The van der Waals surface area contributed by atoms with E-state index in [1.165, 1.54) is 0 Å². The molecule has 2 aromatic heterocycles. The largest absolute Gasteiger partial charge is 0.365 e. The smallest absolute Gasteiger partial charge is 0.269 e. The molecule has 10 nitrogen and oxygen atoms in total. The number of nitrogens with zero attached hydrogens (tertiary/aromatic N) is 6. The highest BCUT2D eigenvalue weighted by atomic mass is 16.5. The summed E-state index contributed by atoms with van der Waals surface area (Å²) in [6.07, 6.45) is 2.40. The molecule has 4 heterocycles. The Bertz CT molecular complexity index is 874. The van der Waals surface area contributed by atoms with Crippen molar-refractivity contribution in [3.8, 4) is 0 Å². The van der Waals surface area contributed by atoms with E-state index in [1.807, 2.05) is 11.6 Å². The van der Waals surface area contributed by atoms with Gasteiger partial charge in [0, 0.05) is 26.2 Å². The van der Waals surface area contributed by atoms with Gasteiger partial charge in [-0.2, -0.15) is 5.10 Å². The Morgan fingerprint density at radius 3 is 2.96 bits per heavy atom. The van der Waals surface area contributed by atoms with Crippen LogP contribution in [0.15, 0.2) is 12.3 Å². The van der Waals surface area contributed by atoms with Crippen molar-refractivity contribution >= 4 is 11.8 Å². The Hall–Kier alpha value is -2.75. The Labute approximate surface area is 156 Å². The third-order valence-electron chi connectivity index (χ3n) is 5.30. The Morgan fingerprint density at radius 2 is 2.22 bits per heavy atom. The number of hydrogen-bond donors (Lipinski definition) is 1. The first-order valence-corrected chi connectivity index (χ1v) is 9.12. The van der Waals surface area contributed by atoms with Crippen molar-refractivity contribution in [1.82, 2.24) is 35.0 Å². The molecule has 1 atom stereocenters. The molecule has 27 heavy (non-hydrogen) atoms. The van der Waals surface area contributed by atoms with Crippen molar-refractivity contribution in [2.75, 3.05) is 13.1 Å². The minimum atomic E-state index is -0.388. The highest BCUT2D eigenvalue weighted by molar-refractivity contribution is 5.92. The van der Waals surface area contributed by atoms with Gasteiger partial charge in [-0.05, 0) is 19.4 Å². The maximum Gasteiger partial charge on any atom is 0.269 e. The maximum atomic E-state index is 12.4. The summed E-state index contributed by atoms with van der Waals surface area (Å²) >= 11 is 0. The summed E-state index contributed by atoms with van der Waals surface area (Å²) in [5.41, 5.74) is 1.69. The molecule has 2 aliphatic rings. The first kappa shape index (κ1) is 17.7. The Morgan fingerprint density at radius 1 is 1.37 bits per heavy atom. The molecule has 1 N–H and O–H groups in total. The van der Waals surface area contributed by atoms with E-state index in [2.05, 4.69) is 20.7 Å². The lowest BCUT2D eigenvalue weighted by Crippen LogP contribution is -2.45. The normalized spacial score (nSPS) is 21.5. The van der Waals surface area contributed by atoms with Crippen LogP contribution in [0.1, 0.15) is 42.1 Å². The quantitative estimate of drug-likeness (QED) is 0.805. The van der Waals surface area contributed by atoms with Crippen molar-refractivity contribution < 1.29 is 14.3 Å². The van der Waals surface area contributed by atoms with Gasteiger partial charge in [-0.15, -0.1) is 5.10 Å². The van der Waals surface area contributed by atoms with Crippen LogP contribution >= 0.6 is 0 Å². The second-order valence-corrected chi connectivity index (χ2v) is 7.02. The predicted molar refractivity (Wildman–Crippen MR) is 93.5 cm³/mol. The SMILES string of the molecule is CCn1nccc1C(=O)NCc1nnn2c1COC1(CCN(C(C)=O)C1)C2. The van der Waals surface area contributed by atoms with Gasteiger partial charge in [0.2, 0.25) is 5.91 Å². The molecule has 0 saturated carbocycles. The number of hydrogen-bond acceptors (Lipinski definition) is 6. The van der Waals surface area contributed by atoms with Crippen LogP contribution in [0.4, 0.5) is 0 Å². The molecular formula is C17H23N7O3. The number of aromatic nitrogens is 5. The number of nitrogens with one attached hydrogen (secondary N) is 1. The molecule has 1 unspecified atom stereocenters. The summed E-state index contributed by atoms with van der Waals surface area (Å²) in [5, 5.41) is 15.4. The lowest BCUT2D eigenvalue weighted by atomic mass is 10.0. The summed E-state index contributed by atoms with van der Waals surface area (Å²) in [6, 6.07) is 1.69. The first-order valence-electron chi connectivity index (χ1n) is 9.12.